The molecular weight excluding hydrogens is 316 g/mol. The van der Waals surface area contributed by atoms with Gasteiger partial charge in [-0.1, -0.05) is 30.3 Å². The standard InChI is InChI=1S/C20H32N2OS/c1-15(21-24(23)20(2,3)4)19-17-10-11-18(19)14-22(13-17)12-16-8-6-5-7-9-16/h5-9,15,17-19,21H,10-14H2,1-4H3/t15-,17-,18+,19+,24+/m0/s1. The van der Waals surface area contributed by atoms with E-state index in [1.54, 1.807) is 0 Å². The molecule has 0 radical (unpaired) electrons. The molecule has 1 saturated carbocycles. The van der Waals surface area contributed by atoms with Crippen LogP contribution in [-0.4, -0.2) is 33.3 Å². The highest BCUT2D eigenvalue weighted by Crippen LogP contribution is 2.44. The van der Waals surface area contributed by atoms with Gasteiger partial charge in [-0.05, 0) is 63.9 Å². The molecule has 1 aliphatic heterocycles. The van der Waals surface area contributed by atoms with E-state index in [1.807, 2.05) is 20.8 Å². The van der Waals surface area contributed by atoms with Gasteiger partial charge in [0.15, 0.2) is 0 Å². The van der Waals surface area contributed by atoms with E-state index in [9.17, 15) is 4.55 Å². The first-order valence-electron chi connectivity index (χ1n) is 9.29. The zero-order chi connectivity index (χ0) is 17.3. The van der Waals surface area contributed by atoms with E-state index >= 15 is 0 Å². The number of fused-ring (bicyclic) bond motifs is 2. The van der Waals surface area contributed by atoms with Crippen molar-refractivity contribution in [2.75, 3.05) is 13.1 Å². The number of benzene rings is 1. The summed E-state index contributed by atoms with van der Waals surface area (Å²) >= 11 is -0.975. The highest BCUT2D eigenvalue weighted by Gasteiger charge is 2.45. The molecule has 1 aliphatic carbocycles. The number of hydrogen-bond acceptors (Lipinski definition) is 3. The third kappa shape index (κ3) is 4.16. The van der Waals surface area contributed by atoms with E-state index in [-0.39, 0.29) is 4.75 Å². The lowest BCUT2D eigenvalue weighted by Gasteiger charge is -2.41. The van der Waals surface area contributed by atoms with Crippen molar-refractivity contribution in [3.63, 3.8) is 0 Å². The molecular formula is C20H32N2OS. The Bertz CT molecular complexity index is 516. The fourth-order valence-corrected chi connectivity index (χ4v) is 5.42. The summed E-state index contributed by atoms with van der Waals surface area (Å²) in [4.78, 5) is 2.63. The van der Waals surface area contributed by atoms with Gasteiger partial charge in [0.1, 0.15) is 4.75 Å². The first kappa shape index (κ1) is 18.2. The first-order valence-corrected chi connectivity index (χ1v) is 10.4. The van der Waals surface area contributed by atoms with Crippen LogP contribution in [0.2, 0.25) is 0 Å². The third-order valence-corrected chi connectivity index (χ3v) is 7.36. The van der Waals surface area contributed by atoms with E-state index in [2.05, 4.69) is 46.9 Å². The van der Waals surface area contributed by atoms with Crippen molar-refractivity contribution in [2.45, 2.75) is 57.9 Å². The zero-order valence-corrected chi connectivity index (χ0v) is 16.3. The maximum atomic E-state index is 12.4. The Morgan fingerprint density at radius 1 is 1.17 bits per heavy atom. The van der Waals surface area contributed by atoms with Gasteiger partial charge in [0.25, 0.3) is 0 Å². The van der Waals surface area contributed by atoms with Crippen LogP contribution in [0.4, 0.5) is 0 Å². The van der Waals surface area contributed by atoms with Gasteiger partial charge in [0.2, 0.25) is 0 Å². The zero-order valence-electron chi connectivity index (χ0n) is 15.5. The van der Waals surface area contributed by atoms with Crippen molar-refractivity contribution in [1.82, 2.24) is 9.62 Å². The first-order chi connectivity index (χ1) is 11.3. The van der Waals surface area contributed by atoms with Crippen molar-refractivity contribution >= 4 is 11.4 Å². The molecule has 0 spiro atoms. The second-order valence-corrected chi connectivity index (χ2v) is 10.6. The van der Waals surface area contributed by atoms with E-state index in [0.29, 0.717) is 12.0 Å². The summed E-state index contributed by atoms with van der Waals surface area (Å²) in [7, 11) is 0. The number of hydrogen-bond donors (Lipinski definition) is 1. The summed E-state index contributed by atoms with van der Waals surface area (Å²) in [5.74, 6) is 2.15. The minimum Gasteiger partial charge on any atom is -0.598 e. The topological polar surface area (TPSA) is 38.3 Å². The Morgan fingerprint density at radius 2 is 1.75 bits per heavy atom. The molecule has 0 amide bonds. The molecule has 5 atom stereocenters. The van der Waals surface area contributed by atoms with Crippen molar-refractivity contribution in [3.05, 3.63) is 35.9 Å². The molecule has 3 nitrogen and oxygen atoms in total. The van der Waals surface area contributed by atoms with Crippen LogP contribution in [0.1, 0.15) is 46.1 Å². The molecule has 1 heterocycles. The molecule has 1 N–H and O–H groups in total. The van der Waals surface area contributed by atoms with Gasteiger partial charge in [0, 0.05) is 31.0 Å². The summed E-state index contributed by atoms with van der Waals surface area (Å²) in [6.45, 7) is 11.8. The van der Waals surface area contributed by atoms with Crippen LogP contribution in [0.15, 0.2) is 30.3 Å². The summed E-state index contributed by atoms with van der Waals surface area (Å²) in [5, 5.41) is 0. The van der Waals surface area contributed by atoms with Crippen LogP contribution in [0.3, 0.4) is 0 Å². The number of piperidine rings is 1. The van der Waals surface area contributed by atoms with E-state index in [1.165, 1.54) is 31.5 Å². The van der Waals surface area contributed by atoms with Gasteiger partial charge in [-0.25, -0.2) is 0 Å². The maximum absolute atomic E-state index is 12.4. The molecule has 0 unspecified atom stereocenters. The highest BCUT2D eigenvalue weighted by molar-refractivity contribution is 7.90. The normalized spacial score (nSPS) is 30.3. The SMILES string of the molecule is C[C@H](N[S@+]([O-])C(C)(C)C)[C@H]1[C@@H]2CC[C@H]1CN(Cc1ccccc1)C2. The van der Waals surface area contributed by atoms with Gasteiger partial charge in [-0.3, -0.25) is 4.90 Å². The van der Waals surface area contributed by atoms with E-state index in [4.69, 9.17) is 0 Å². The number of nitrogens with zero attached hydrogens (tertiary/aromatic N) is 1. The van der Waals surface area contributed by atoms with Crippen LogP contribution >= 0.6 is 0 Å². The molecule has 2 bridgehead atoms. The molecule has 1 aromatic rings. The minimum atomic E-state index is -0.975. The van der Waals surface area contributed by atoms with Crippen LogP contribution < -0.4 is 4.72 Å². The molecule has 24 heavy (non-hydrogen) atoms. The lowest BCUT2D eigenvalue weighted by molar-refractivity contribution is 0.0877. The van der Waals surface area contributed by atoms with Gasteiger partial charge in [-0.2, -0.15) is 0 Å². The summed E-state index contributed by atoms with van der Waals surface area (Å²) in [5.41, 5.74) is 1.41. The lowest BCUT2D eigenvalue weighted by Crippen LogP contribution is -2.52. The summed E-state index contributed by atoms with van der Waals surface area (Å²) in [6.07, 6.45) is 2.66. The Labute approximate surface area is 150 Å². The van der Waals surface area contributed by atoms with Crippen molar-refractivity contribution in [3.8, 4) is 0 Å². The Kier molecular flexibility index (Phi) is 5.60. The molecule has 1 aromatic carbocycles. The molecule has 1 saturated heterocycles. The minimum absolute atomic E-state index is 0.193. The predicted molar refractivity (Wildman–Crippen MR) is 102 cm³/mol. The Morgan fingerprint density at radius 3 is 2.29 bits per heavy atom. The second kappa shape index (κ2) is 7.36. The number of nitrogens with one attached hydrogen (secondary N) is 1. The molecule has 0 aromatic heterocycles. The van der Waals surface area contributed by atoms with E-state index < -0.39 is 11.4 Å². The summed E-state index contributed by atoms with van der Waals surface area (Å²) in [6, 6.07) is 11.1. The molecule has 2 fully saturated rings. The molecule has 2 aliphatic rings. The highest BCUT2D eigenvalue weighted by atomic mass is 32.2. The average molecular weight is 349 g/mol. The van der Waals surface area contributed by atoms with Crippen molar-refractivity contribution < 1.29 is 4.55 Å². The monoisotopic (exact) mass is 348 g/mol. The quantitative estimate of drug-likeness (QED) is 0.827. The van der Waals surface area contributed by atoms with Crippen LogP contribution in [0, 0.1) is 17.8 Å². The van der Waals surface area contributed by atoms with Crippen LogP contribution in [0.5, 0.6) is 0 Å². The molecule has 3 rings (SSSR count). The van der Waals surface area contributed by atoms with Gasteiger partial charge in [-0.15, -0.1) is 4.72 Å². The third-order valence-electron chi connectivity index (χ3n) is 5.66. The molecule has 134 valence electrons. The second-order valence-electron chi connectivity index (χ2n) is 8.64. The smallest absolute Gasteiger partial charge is 0.136 e. The lowest BCUT2D eigenvalue weighted by atomic mass is 9.80. The fraction of sp³-hybridized carbons (Fsp3) is 0.700. The van der Waals surface area contributed by atoms with E-state index in [0.717, 1.165) is 18.4 Å². The predicted octanol–water partition coefficient (Wildman–Crippen LogP) is 3.58. The largest absolute Gasteiger partial charge is 0.598 e. The fourth-order valence-electron chi connectivity index (χ4n) is 4.57. The summed E-state index contributed by atoms with van der Waals surface area (Å²) < 4.78 is 15.7. The maximum Gasteiger partial charge on any atom is 0.136 e. The average Bonchev–Trinajstić information content (AvgIpc) is 2.79. The van der Waals surface area contributed by atoms with Crippen molar-refractivity contribution in [1.29, 1.82) is 0 Å². The van der Waals surface area contributed by atoms with Crippen LogP contribution in [0.25, 0.3) is 0 Å². The van der Waals surface area contributed by atoms with Gasteiger partial charge < -0.3 is 4.55 Å². The Hall–Kier alpha value is -0.550. The molecule has 4 heteroatoms. The van der Waals surface area contributed by atoms with Gasteiger partial charge in [0.05, 0.1) is 6.04 Å². The van der Waals surface area contributed by atoms with Crippen LogP contribution in [-0.2, 0) is 17.9 Å². The van der Waals surface area contributed by atoms with Crippen molar-refractivity contribution in [2.24, 2.45) is 17.8 Å². The van der Waals surface area contributed by atoms with Gasteiger partial charge >= 0.3 is 0 Å². The Balaban J connectivity index is 1.59. The number of rotatable bonds is 5. The number of likely N-dealkylation sites (tertiary alicyclic amines) is 1.